The minimum absolute atomic E-state index is 0.858. The molecule has 0 unspecified atom stereocenters. The maximum absolute atomic E-state index is 5.98. The van der Waals surface area contributed by atoms with Gasteiger partial charge in [-0.25, -0.2) is 0 Å². The zero-order valence-electron chi connectivity index (χ0n) is 9.61. The molecule has 1 aromatic heterocycles. The number of fused-ring (bicyclic) bond motifs is 1. The van der Waals surface area contributed by atoms with E-state index >= 15 is 0 Å². The van der Waals surface area contributed by atoms with Gasteiger partial charge < -0.3 is 15.2 Å². The average molecular weight is 215 g/mol. The number of anilines is 2. The summed E-state index contributed by atoms with van der Waals surface area (Å²) in [5.74, 6) is 0. The second kappa shape index (κ2) is 3.44. The summed E-state index contributed by atoms with van der Waals surface area (Å²) < 4.78 is 2.13. The summed E-state index contributed by atoms with van der Waals surface area (Å²) in [6, 6.07) is 6.34. The lowest BCUT2D eigenvalue weighted by Crippen LogP contribution is -2.18. The maximum atomic E-state index is 5.98. The molecule has 2 aromatic rings. The van der Waals surface area contributed by atoms with Gasteiger partial charge in [-0.3, -0.25) is 0 Å². The molecule has 1 saturated heterocycles. The molecule has 2 heterocycles. The van der Waals surface area contributed by atoms with E-state index in [0.717, 1.165) is 18.8 Å². The van der Waals surface area contributed by atoms with E-state index in [9.17, 15) is 0 Å². The van der Waals surface area contributed by atoms with Crippen LogP contribution in [-0.2, 0) is 7.05 Å². The van der Waals surface area contributed by atoms with Crippen LogP contribution in [0.1, 0.15) is 12.8 Å². The van der Waals surface area contributed by atoms with Crippen LogP contribution in [0.25, 0.3) is 10.9 Å². The Labute approximate surface area is 95.5 Å². The zero-order chi connectivity index (χ0) is 11.1. The number of rotatable bonds is 1. The second-order valence-electron chi connectivity index (χ2n) is 4.59. The highest BCUT2D eigenvalue weighted by Crippen LogP contribution is 2.32. The highest BCUT2D eigenvalue weighted by atomic mass is 15.1. The van der Waals surface area contributed by atoms with Crippen LogP contribution in [0, 0.1) is 0 Å². The van der Waals surface area contributed by atoms with Crippen LogP contribution in [0.3, 0.4) is 0 Å². The Morgan fingerprint density at radius 2 is 1.94 bits per heavy atom. The molecular formula is C13H17N3. The summed E-state index contributed by atoms with van der Waals surface area (Å²) in [5, 5.41) is 1.32. The third kappa shape index (κ3) is 1.35. The number of benzene rings is 1. The summed E-state index contributed by atoms with van der Waals surface area (Å²) in [5.41, 5.74) is 9.36. The van der Waals surface area contributed by atoms with Gasteiger partial charge >= 0.3 is 0 Å². The fourth-order valence-corrected chi connectivity index (χ4v) is 2.59. The van der Waals surface area contributed by atoms with Gasteiger partial charge in [0, 0.05) is 43.1 Å². The number of hydrogen-bond acceptors (Lipinski definition) is 2. The van der Waals surface area contributed by atoms with Crippen LogP contribution < -0.4 is 10.6 Å². The van der Waals surface area contributed by atoms with Crippen LogP contribution in [0.15, 0.2) is 24.4 Å². The minimum atomic E-state index is 0.858. The van der Waals surface area contributed by atoms with Gasteiger partial charge in [-0.15, -0.1) is 0 Å². The van der Waals surface area contributed by atoms with E-state index in [1.54, 1.807) is 0 Å². The molecule has 1 fully saturated rings. The molecule has 0 atom stereocenters. The molecule has 1 aliphatic heterocycles. The van der Waals surface area contributed by atoms with Crippen LogP contribution >= 0.6 is 0 Å². The quantitative estimate of drug-likeness (QED) is 0.741. The molecule has 0 aliphatic carbocycles. The van der Waals surface area contributed by atoms with Gasteiger partial charge in [0.25, 0.3) is 0 Å². The van der Waals surface area contributed by atoms with E-state index in [2.05, 4.69) is 40.9 Å². The Hall–Kier alpha value is -1.64. The van der Waals surface area contributed by atoms with Gasteiger partial charge in [0.1, 0.15) is 0 Å². The Bertz CT molecular complexity index is 521. The molecule has 0 amide bonds. The lowest BCUT2D eigenvalue weighted by atomic mass is 10.2. The number of nitrogens with zero attached hydrogens (tertiary/aromatic N) is 2. The molecule has 0 bridgehead atoms. The monoisotopic (exact) mass is 215 g/mol. The van der Waals surface area contributed by atoms with Crippen LogP contribution in [0.4, 0.5) is 11.4 Å². The topological polar surface area (TPSA) is 34.2 Å². The smallest absolute Gasteiger partial charge is 0.0519 e. The van der Waals surface area contributed by atoms with Crippen LogP contribution in [0.5, 0.6) is 0 Å². The van der Waals surface area contributed by atoms with Gasteiger partial charge in [-0.1, -0.05) is 0 Å². The van der Waals surface area contributed by atoms with E-state index in [4.69, 9.17) is 5.73 Å². The lowest BCUT2D eigenvalue weighted by Gasteiger charge is -2.19. The highest BCUT2D eigenvalue weighted by molar-refractivity contribution is 5.95. The van der Waals surface area contributed by atoms with Crippen molar-refractivity contribution in [2.24, 2.45) is 7.05 Å². The first-order chi connectivity index (χ1) is 7.75. The van der Waals surface area contributed by atoms with E-state index in [0.29, 0.717) is 0 Å². The summed E-state index contributed by atoms with van der Waals surface area (Å²) in [6.45, 7) is 2.32. The standard InChI is InChI=1S/C13H17N3/c1-15-7-4-11-12(15)8-10(14)9-13(11)16-5-2-3-6-16/h4,7-9H,2-3,5-6,14H2,1H3. The van der Waals surface area contributed by atoms with E-state index in [-0.39, 0.29) is 0 Å². The molecule has 84 valence electrons. The van der Waals surface area contributed by atoms with E-state index in [1.165, 1.54) is 29.4 Å². The molecule has 3 heteroatoms. The largest absolute Gasteiger partial charge is 0.399 e. The number of nitrogen functional groups attached to an aromatic ring is 1. The summed E-state index contributed by atoms with van der Waals surface area (Å²) >= 11 is 0. The van der Waals surface area contributed by atoms with Crippen molar-refractivity contribution in [1.82, 2.24) is 4.57 Å². The van der Waals surface area contributed by atoms with Crippen molar-refractivity contribution in [3.05, 3.63) is 24.4 Å². The predicted molar refractivity (Wildman–Crippen MR) is 68.8 cm³/mol. The lowest BCUT2D eigenvalue weighted by molar-refractivity contribution is 0.949. The van der Waals surface area contributed by atoms with Crippen molar-refractivity contribution in [2.45, 2.75) is 12.8 Å². The van der Waals surface area contributed by atoms with Crippen molar-refractivity contribution >= 4 is 22.3 Å². The molecule has 2 N–H and O–H groups in total. The van der Waals surface area contributed by atoms with Crippen molar-refractivity contribution in [1.29, 1.82) is 0 Å². The molecule has 1 aliphatic rings. The summed E-state index contributed by atoms with van der Waals surface area (Å²) in [7, 11) is 2.07. The number of aryl methyl sites for hydroxylation is 1. The van der Waals surface area contributed by atoms with Gasteiger partial charge in [0.05, 0.1) is 5.52 Å². The number of hydrogen-bond donors (Lipinski definition) is 1. The Kier molecular flexibility index (Phi) is 2.06. The summed E-state index contributed by atoms with van der Waals surface area (Å²) in [6.07, 6.45) is 4.69. The Morgan fingerprint density at radius 3 is 2.69 bits per heavy atom. The number of aromatic nitrogens is 1. The van der Waals surface area contributed by atoms with Crippen LogP contribution in [0.2, 0.25) is 0 Å². The zero-order valence-corrected chi connectivity index (χ0v) is 9.61. The SMILES string of the molecule is Cn1ccc2c(N3CCCC3)cc(N)cc21. The maximum Gasteiger partial charge on any atom is 0.0519 e. The Balaban J connectivity index is 2.21. The fraction of sp³-hybridized carbons (Fsp3) is 0.385. The molecular weight excluding hydrogens is 198 g/mol. The van der Waals surface area contributed by atoms with E-state index in [1.807, 2.05) is 0 Å². The summed E-state index contributed by atoms with van der Waals surface area (Å²) in [4.78, 5) is 2.44. The molecule has 0 saturated carbocycles. The first-order valence-corrected chi connectivity index (χ1v) is 5.85. The van der Waals surface area contributed by atoms with Crippen molar-refractivity contribution in [2.75, 3.05) is 23.7 Å². The highest BCUT2D eigenvalue weighted by Gasteiger charge is 2.16. The van der Waals surface area contributed by atoms with Crippen LogP contribution in [-0.4, -0.2) is 17.7 Å². The minimum Gasteiger partial charge on any atom is -0.399 e. The molecule has 3 rings (SSSR count). The van der Waals surface area contributed by atoms with Gasteiger partial charge in [-0.05, 0) is 31.0 Å². The average Bonchev–Trinajstić information content (AvgIpc) is 2.88. The van der Waals surface area contributed by atoms with Crippen molar-refractivity contribution in [3.8, 4) is 0 Å². The predicted octanol–water partition coefficient (Wildman–Crippen LogP) is 2.36. The Morgan fingerprint density at radius 1 is 1.19 bits per heavy atom. The molecule has 1 aromatic carbocycles. The molecule has 0 spiro atoms. The van der Waals surface area contributed by atoms with Gasteiger partial charge in [0.2, 0.25) is 0 Å². The van der Waals surface area contributed by atoms with Gasteiger partial charge in [-0.2, -0.15) is 0 Å². The fourth-order valence-electron chi connectivity index (χ4n) is 2.59. The third-order valence-electron chi connectivity index (χ3n) is 3.45. The molecule has 3 nitrogen and oxygen atoms in total. The number of nitrogens with two attached hydrogens (primary N) is 1. The molecule has 16 heavy (non-hydrogen) atoms. The van der Waals surface area contributed by atoms with Gasteiger partial charge in [0.15, 0.2) is 0 Å². The first kappa shape index (κ1) is 9.58. The first-order valence-electron chi connectivity index (χ1n) is 5.85. The van der Waals surface area contributed by atoms with Crippen molar-refractivity contribution < 1.29 is 0 Å². The molecule has 0 radical (unpaired) electrons. The van der Waals surface area contributed by atoms with Crippen molar-refractivity contribution in [3.63, 3.8) is 0 Å². The normalized spacial score (nSPS) is 16.2. The third-order valence-corrected chi connectivity index (χ3v) is 3.45. The second-order valence-corrected chi connectivity index (χ2v) is 4.59. The van der Waals surface area contributed by atoms with E-state index < -0.39 is 0 Å².